The summed E-state index contributed by atoms with van der Waals surface area (Å²) in [4.78, 5) is 25.4. The lowest BCUT2D eigenvalue weighted by atomic mass is 9.43. The second kappa shape index (κ2) is 8.14. The summed E-state index contributed by atoms with van der Waals surface area (Å²) in [5, 5.41) is 23.2. The van der Waals surface area contributed by atoms with Crippen LogP contribution in [0.2, 0.25) is 0 Å². The van der Waals surface area contributed by atoms with Crippen LogP contribution in [-0.2, 0) is 19.1 Å². The van der Waals surface area contributed by atoms with Gasteiger partial charge in [0.15, 0.2) is 12.1 Å². The van der Waals surface area contributed by atoms with Crippen LogP contribution in [0.5, 0.6) is 0 Å². The Bertz CT molecular complexity index is 761. The molecule has 0 aromatic carbocycles. The van der Waals surface area contributed by atoms with Crippen LogP contribution in [0.15, 0.2) is 0 Å². The molecule has 6 nitrogen and oxygen atoms in total. The lowest BCUT2D eigenvalue weighted by Crippen LogP contribution is -2.63. The van der Waals surface area contributed by atoms with Gasteiger partial charge in [0.05, 0.1) is 6.10 Å². The quantitative estimate of drug-likeness (QED) is 0.685. The monoisotopic (exact) mass is 448 g/mol. The molecule has 0 aromatic rings. The van der Waals surface area contributed by atoms with Crippen LogP contribution < -0.4 is 0 Å². The van der Waals surface area contributed by atoms with E-state index in [1.807, 2.05) is 6.92 Å². The van der Waals surface area contributed by atoms with Crippen molar-refractivity contribution in [3.05, 3.63) is 0 Å². The lowest BCUT2D eigenvalue weighted by Gasteiger charge is -2.62. The molecule has 6 heteroatoms. The zero-order valence-corrected chi connectivity index (χ0v) is 19.7. The minimum Gasteiger partial charge on any atom is -0.393 e. The zero-order chi connectivity index (χ0) is 22.7. The van der Waals surface area contributed by atoms with Crippen molar-refractivity contribution in [2.24, 2.45) is 34.5 Å². The predicted octanol–water partition coefficient (Wildman–Crippen LogP) is 3.41. The molecular formula is C26H40O6. The molecule has 0 spiro atoms. The number of aliphatic hydroxyl groups excluding tert-OH is 1. The Morgan fingerprint density at radius 1 is 1.16 bits per heavy atom. The molecule has 32 heavy (non-hydrogen) atoms. The molecule has 4 aliphatic carbocycles. The van der Waals surface area contributed by atoms with E-state index in [4.69, 9.17) is 9.47 Å². The fourth-order valence-electron chi connectivity index (χ4n) is 8.76. The van der Waals surface area contributed by atoms with Gasteiger partial charge >= 0.3 is 0 Å². The van der Waals surface area contributed by atoms with E-state index >= 15 is 0 Å². The van der Waals surface area contributed by atoms with E-state index in [1.54, 1.807) is 0 Å². The SMILES string of the molecule is C[C@]12CCC(=O)C[C@@H]1CC[C@@H]1[C@@H]2[C@@H](O)C[C@@]2(C)[C@H]1CC[C@]2(O)C(=O)COC1CCCCO1. The Morgan fingerprint density at radius 2 is 1.97 bits per heavy atom. The third kappa shape index (κ3) is 3.35. The van der Waals surface area contributed by atoms with Gasteiger partial charge in [0, 0.05) is 24.9 Å². The predicted molar refractivity (Wildman–Crippen MR) is 118 cm³/mol. The van der Waals surface area contributed by atoms with Gasteiger partial charge in [-0.3, -0.25) is 9.59 Å². The van der Waals surface area contributed by atoms with Gasteiger partial charge in [0.2, 0.25) is 0 Å². The molecule has 0 aromatic heterocycles. The molecule has 1 heterocycles. The third-order valence-electron chi connectivity index (χ3n) is 10.6. The van der Waals surface area contributed by atoms with Gasteiger partial charge in [-0.05, 0) is 86.9 Å². The number of ether oxygens (including phenoxy) is 2. The fourth-order valence-corrected chi connectivity index (χ4v) is 8.76. The summed E-state index contributed by atoms with van der Waals surface area (Å²) < 4.78 is 11.3. The Balaban J connectivity index is 1.35. The highest BCUT2D eigenvalue weighted by atomic mass is 16.7. The van der Waals surface area contributed by atoms with Gasteiger partial charge in [-0.25, -0.2) is 0 Å². The Hall–Kier alpha value is -0.820. The minimum absolute atomic E-state index is 0.0241. The number of rotatable bonds is 4. The Labute approximate surface area is 191 Å². The highest BCUT2D eigenvalue weighted by Crippen LogP contribution is 2.68. The molecule has 1 unspecified atom stereocenters. The number of Topliss-reactive ketones (excluding diaryl/α,β-unsaturated/α-hetero) is 2. The minimum atomic E-state index is -1.46. The maximum Gasteiger partial charge on any atom is 0.190 e. The molecule has 5 rings (SSSR count). The van der Waals surface area contributed by atoms with Crippen LogP contribution in [0.25, 0.3) is 0 Å². The zero-order valence-electron chi connectivity index (χ0n) is 19.7. The Morgan fingerprint density at radius 3 is 2.72 bits per heavy atom. The first-order valence-electron chi connectivity index (χ1n) is 12.9. The number of aliphatic hydroxyl groups is 2. The van der Waals surface area contributed by atoms with Crippen LogP contribution in [0.1, 0.15) is 84.5 Å². The van der Waals surface area contributed by atoms with Crippen molar-refractivity contribution < 1.29 is 29.3 Å². The van der Waals surface area contributed by atoms with Crippen molar-refractivity contribution in [3.8, 4) is 0 Å². The second-order valence-corrected chi connectivity index (χ2v) is 11.9. The summed E-state index contributed by atoms with van der Waals surface area (Å²) in [6.07, 6.45) is 7.74. The molecule has 180 valence electrons. The topological polar surface area (TPSA) is 93.1 Å². The summed E-state index contributed by atoms with van der Waals surface area (Å²) in [5.74, 6) is 1.12. The van der Waals surface area contributed by atoms with Gasteiger partial charge in [-0.2, -0.15) is 0 Å². The molecule has 4 saturated carbocycles. The largest absolute Gasteiger partial charge is 0.393 e. The van der Waals surface area contributed by atoms with E-state index in [0.717, 1.165) is 44.9 Å². The first-order chi connectivity index (χ1) is 15.2. The molecule has 0 radical (unpaired) electrons. The highest BCUT2D eigenvalue weighted by Gasteiger charge is 2.68. The number of hydrogen-bond acceptors (Lipinski definition) is 6. The number of carbonyl (C=O) groups excluding carboxylic acids is 2. The van der Waals surface area contributed by atoms with Gasteiger partial charge < -0.3 is 19.7 Å². The van der Waals surface area contributed by atoms with Crippen molar-refractivity contribution in [1.29, 1.82) is 0 Å². The molecule has 1 aliphatic heterocycles. The average Bonchev–Trinajstić information content (AvgIpc) is 3.04. The van der Waals surface area contributed by atoms with E-state index in [9.17, 15) is 19.8 Å². The van der Waals surface area contributed by atoms with Crippen LogP contribution in [0.3, 0.4) is 0 Å². The Kier molecular flexibility index (Phi) is 5.84. The summed E-state index contributed by atoms with van der Waals surface area (Å²) in [6.45, 7) is 4.84. The van der Waals surface area contributed by atoms with Crippen molar-refractivity contribution in [2.75, 3.05) is 13.2 Å². The van der Waals surface area contributed by atoms with Crippen molar-refractivity contribution in [3.63, 3.8) is 0 Å². The van der Waals surface area contributed by atoms with Gasteiger partial charge in [0.25, 0.3) is 0 Å². The maximum atomic E-state index is 13.3. The molecular weight excluding hydrogens is 408 g/mol. The first-order valence-corrected chi connectivity index (χ1v) is 12.9. The first kappa shape index (κ1) is 22.9. The summed E-state index contributed by atoms with van der Waals surface area (Å²) >= 11 is 0. The van der Waals surface area contributed by atoms with Crippen LogP contribution in [0.4, 0.5) is 0 Å². The molecule has 0 bridgehead atoms. The number of fused-ring (bicyclic) bond motifs is 5. The number of carbonyl (C=O) groups is 2. The van der Waals surface area contributed by atoms with Crippen LogP contribution >= 0.6 is 0 Å². The van der Waals surface area contributed by atoms with Crippen molar-refractivity contribution in [2.45, 2.75) is 102 Å². The molecule has 9 atom stereocenters. The lowest BCUT2D eigenvalue weighted by molar-refractivity contribution is -0.206. The summed E-state index contributed by atoms with van der Waals surface area (Å²) in [5.41, 5.74) is -2.13. The standard InChI is InChI=1S/C26H40O6/c1-24-10-8-17(27)13-16(24)6-7-18-19-9-11-26(30,25(19,2)14-20(28)23(18)24)21(29)15-32-22-5-3-4-12-31-22/h16,18-20,22-23,28,30H,3-15H2,1-2H3/t16-,18-,19-,20-,22?,23+,24-,25-,26-/m0/s1. The number of hydrogen-bond donors (Lipinski definition) is 2. The molecule has 5 fully saturated rings. The molecule has 2 N–H and O–H groups in total. The third-order valence-corrected chi connectivity index (χ3v) is 10.6. The van der Waals surface area contributed by atoms with E-state index in [-0.39, 0.29) is 35.9 Å². The molecule has 0 amide bonds. The maximum absolute atomic E-state index is 13.3. The van der Waals surface area contributed by atoms with E-state index < -0.39 is 17.1 Å². The smallest absolute Gasteiger partial charge is 0.190 e. The summed E-state index contributed by atoms with van der Waals surface area (Å²) in [6, 6.07) is 0. The fraction of sp³-hybridized carbons (Fsp3) is 0.923. The van der Waals surface area contributed by atoms with Gasteiger partial charge in [-0.1, -0.05) is 13.8 Å². The molecule has 5 aliphatic rings. The van der Waals surface area contributed by atoms with Crippen molar-refractivity contribution in [1.82, 2.24) is 0 Å². The number of ketones is 2. The van der Waals surface area contributed by atoms with E-state index in [0.29, 0.717) is 49.9 Å². The van der Waals surface area contributed by atoms with E-state index in [2.05, 4.69) is 6.92 Å². The second-order valence-electron chi connectivity index (χ2n) is 11.9. The average molecular weight is 449 g/mol. The van der Waals surface area contributed by atoms with E-state index in [1.165, 1.54) is 0 Å². The van der Waals surface area contributed by atoms with Crippen LogP contribution in [-0.4, -0.2) is 53.0 Å². The highest BCUT2D eigenvalue weighted by molar-refractivity contribution is 5.89. The molecule has 1 saturated heterocycles. The van der Waals surface area contributed by atoms with Gasteiger partial charge in [0.1, 0.15) is 18.0 Å². The van der Waals surface area contributed by atoms with Gasteiger partial charge in [-0.15, -0.1) is 0 Å². The normalized spacial score (nSPS) is 50.9. The van der Waals surface area contributed by atoms with Crippen LogP contribution in [0, 0.1) is 34.5 Å². The van der Waals surface area contributed by atoms with Crippen molar-refractivity contribution >= 4 is 11.6 Å². The summed E-state index contributed by atoms with van der Waals surface area (Å²) in [7, 11) is 0.